The summed E-state index contributed by atoms with van der Waals surface area (Å²) in [5, 5.41) is 2.85. The Kier molecular flexibility index (Phi) is 8.57. The van der Waals surface area contributed by atoms with Gasteiger partial charge in [0.15, 0.2) is 0 Å². The number of rotatable bonds is 7. The fourth-order valence-electron chi connectivity index (χ4n) is 3.92. The Hall–Kier alpha value is -3.59. The maximum atomic E-state index is 13.5. The molecule has 1 heterocycles. The minimum Gasteiger partial charge on any atom is -0.406 e. The zero-order valence-electron chi connectivity index (χ0n) is 20.5. The fraction of sp³-hybridized carbons (Fsp3) is 0.333. The first-order chi connectivity index (χ1) is 17.0. The first kappa shape index (κ1) is 27.0. The molecule has 9 heteroatoms. The number of carbonyl (C=O) groups is 1. The third-order valence-corrected chi connectivity index (χ3v) is 6.06. The van der Waals surface area contributed by atoms with Crippen molar-refractivity contribution in [1.82, 2.24) is 0 Å². The van der Waals surface area contributed by atoms with E-state index < -0.39 is 11.8 Å². The van der Waals surface area contributed by atoms with E-state index in [1.807, 2.05) is 51.1 Å². The van der Waals surface area contributed by atoms with Gasteiger partial charge in [-0.15, -0.1) is 13.2 Å². The number of nitrogens with two attached hydrogens (primary N) is 1. The van der Waals surface area contributed by atoms with Gasteiger partial charge in [0, 0.05) is 25.1 Å². The molecule has 0 saturated carbocycles. The van der Waals surface area contributed by atoms with Gasteiger partial charge in [-0.25, -0.2) is 4.99 Å². The number of benzene rings is 2. The van der Waals surface area contributed by atoms with Crippen molar-refractivity contribution in [3.63, 3.8) is 0 Å². The van der Waals surface area contributed by atoms with Crippen LogP contribution in [0.25, 0.3) is 5.57 Å². The second kappa shape index (κ2) is 11.4. The first-order valence-electron chi connectivity index (χ1n) is 11.5. The van der Waals surface area contributed by atoms with Crippen molar-refractivity contribution in [3.05, 3.63) is 77.1 Å². The van der Waals surface area contributed by atoms with Crippen LogP contribution in [0, 0.1) is 0 Å². The molecule has 0 aliphatic carbocycles. The van der Waals surface area contributed by atoms with Crippen molar-refractivity contribution in [2.24, 2.45) is 10.7 Å². The Balaban J connectivity index is 1.83. The van der Waals surface area contributed by atoms with Crippen LogP contribution in [0.4, 0.5) is 18.9 Å². The number of nitrogens with one attached hydrogen (secondary N) is 1. The zero-order valence-corrected chi connectivity index (χ0v) is 20.5. The van der Waals surface area contributed by atoms with Crippen LogP contribution in [0.3, 0.4) is 0 Å². The van der Waals surface area contributed by atoms with Crippen LogP contribution in [-0.4, -0.2) is 31.7 Å². The van der Waals surface area contributed by atoms with Gasteiger partial charge in [0.2, 0.25) is 5.91 Å². The van der Waals surface area contributed by atoms with E-state index >= 15 is 0 Å². The molecule has 2 aromatic rings. The number of carbonyl (C=O) groups excluding carboxylic acids is 1. The summed E-state index contributed by atoms with van der Waals surface area (Å²) < 4.78 is 46.7. The predicted molar refractivity (Wildman–Crippen MR) is 135 cm³/mol. The van der Waals surface area contributed by atoms with Gasteiger partial charge < -0.3 is 20.5 Å². The molecule has 0 atom stereocenters. The summed E-state index contributed by atoms with van der Waals surface area (Å²) in [6.45, 7) is 6.52. The molecule has 1 aliphatic heterocycles. The number of halogens is 3. The van der Waals surface area contributed by atoms with E-state index in [9.17, 15) is 18.0 Å². The normalized spacial score (nSPS) is 16.0. The molecular weight excluding hydrogens is 471 g/mol. The van der Waals surface area contributed by atoms with Gasteiger partial charge in [0.25, 0.3) is 0 Å². The number of allylic oxidation sites excluding steroid dienone is 3. The van der Waals surface area contributed by atoms with Crippen LogP contribution >= 0.6 is 0 Å². The molecule has 3 N–H and O–H groups in total. The maximum Gasteiger partial charge on any atom is 0.573 e. The molecule has 0 aromatic heterocycles. The molecule has 1 aliphatic rings. The molecule has 36 heavy (non-hydrogen) atoms. The average molecular weight is 502 g/mol. The molecule has 6 nitrogen and oxygen atoms in total. The summed E-state index contributed by atoms with van der Waals surface area (Å²) in [5.41, 5.74) is 9.02. The number of alkyl halides is 3. The number of anilines is 1. The maximum absolute atomic E-state index is 13.5. The number of hydrogen-bond acceptors (Lipinski definition) is 5. The van der Waals surface area contributed by atoms with E-state index in [0.29, 0.717) is 37.6 Å². The third-order valence-electron chi connectivity index (χ3n) is 6.06. The quantitative estimate of drug-likeness (QED) is 0.459. The molecule has 3 rings (SSSR count). The minimum absolute atomic E-state index is 0.243. The van der Waals surface area contributed by atoms with Crippen molar-refractivity contribution in [2.75, 3.05) is 18.5 Å². The fourth-order valence-corrected chi connectivity index (χ4v) is 3.92. The number of nitrogens with zero attached hydrogens (tertiary/aromatic N) is 1. The van der Waals surface area contributed by atoms with E-state index in [2.05, 4.69) is 15.0 Å². The van der Waals surface area contributed by atoms with Gasteiger partial charge in [-0.2, -0.15) is 0 Å². The summed E-state index contributed by atoms with van der Waals surface area (Å²) in [7, 11) is 0. The lowest BCUT2D eigenvalue weighted by Crippen LogP contribution is -2.44. The Morgan fingerprint density at radius 2 is 1.69 bits per heavy atom. The highest BCUT2D eigenvalue weighted by Crippen LogP contribution is 2.37. The van der Waals surface area contributed by atoms with Crippen LogP contribution < -0.4 is 15.8 Å². The topological polar surface area (TPSA) is 85.9 Å². The van der Waals surface area contributed by atoms with Crippen LogP contribution in [0.5, 0.6) is 5.75 Å². The molecule has 1 fully saturated rings. The molecule has 1 amide bonds. The second-order valence-electron chi connectivity index (χ2n) is 8.69. The minimum atomic E-state index is -4.78. The van der Waals surface area contributed by atoms with E-state index in [4.69, 9.17) is 10.5 Å². The Morgan fingerprint density at radius 3 is 2.22 bits per heavy atom. The molecule has 192 valence electrons. The first-order valence-corrected chi connectivity index (χ1v) is 11.5. The van der Waals surface area contributed by atoms with Crippen LogP contribution in [0.15, 0.2) is 71.0 Å². The van der Waals surface area contributed by atoms with Crippen molar-refractivity contribution in [2.45, 2.75) is 45.4 Å². The van der Waals surface area contributed by atoms with Gasteiger partial charge >= 0.3 is 6.36 Å². The van der Waals surface area contributed by atoms with Crippen LogP contribution in [0.2, 0.25) is 0 Å². The lowest BCUT2D eigenvalue weighted by Gasteiger charge is -2.36. The Labute approximate surface area is 208 Å². The van der Waals surface area contributed by atoms with E-state index in [0.717, 1.165) is 34.4 Å². The Morgan fingerprint density at radius 1 is 1.08 bits per heavy atom. The van der Waals surface area contributed by atoms with Gasteiger partial charge in [-0.3, -0.25) is 4.79 Å². The molecule has 2 aromatic carbocycles. The number of amides is 1. The molecule has 0 radical (unpaired) electrons. The number of ether oxygens (including phenoxy) is 2. The average Bonchev–Trinajstić information content (AvgIpc) is 2.85. The van der Waals surface area contributed by atoms with Gasteiger partial charge in [0.05, 0.1) is 5.41 Å². The SMILES string of the molecule is C/C=C(\C=N/C(N)=C(C)C)c1ccc(C2(C(=O)Nc3ccc(OC(F)(F)F)cc3)CCOCC2)cc1. The monoisotopic (exact) mass is 501 g/mol. The van der Waals surface area contributed by atoms with Gasteiger partial charge in [-0.05, 0) is 80.2 Å². The van der Waals surface area contributed by atoms with Crippen molar-refractivity contribution in [3.8, 4) is 5.75 Å². The largest absolute Gasteiger partial charge is 0.573 e. The highest BCUT2D eigenvalue weighted by atomic mass is 19.4. The number of aliphatic imine (C=N–C) groups is 1. The van der Waals surface area contributed by atoms with E-state index in [-0.39, 0.29) is 11.7 Å². The number of hydrogen-bond donors (Lipinski definition) is 2. The molecule has 0 spiro atoms. The lowest BCUT2D eigenvalue weighted by molar-refractivity contribution is -0.274. The standard InChI is InChI=1S/C27H30F3N3O3/c1-4-19(17-32-24(31)18(2)3)20-5-7-21(8-6-20)26(13-15-35-16-14-26)25(34)33-22-9-11-23(12-10-22)36-27(28,29)30/h4-12,17H,13-16,31H2,1-3H3,(H,33,34)/b19-4+,32-17-. The zero-order chi connectivity index (χ0) is 26.3. The van der Waals surface area contributed by atoms with Crippen molar-refractivity contribution >= 4 is 23.4 Å². The highest BCUT2D eigenvalue weighted by Gasteiger charge is 2.41. The predicted octanol–water partition coefficient (Wildman–Crippen LogP) is 5.96. The lowest BCUT2D eigenvalue weighted by atomic mass is 9.73. The molecule has 0 unspecified atom stereocenters. The van der Waals surface area contributed by atoms with Crippen molar-refractivity contribution in [1.29, 1.82) is 0 Å². The highest BCUT2D eigenvalue weighted by molar-refractivity contribution is 6.10. The summed E-state index contributed by atoms with van der Waals surface area (Å²) >= 11 is 0. The van der Waals surface area contributed by atoms with Crippen LogP contribution in [0.1, 0.15) is 44.7 Å². The smallest absolute Gasteiger partial charge is 0.406 e. The molecular formula is C27H30F3N3O3. The van der Waals surface area contributed by atoms with Crippen molar-refractivity contribution < 1.29 is 27.4 Å². The summed E-state index contributed by atoms with van der Waals surface area (Å²) in [4.78, 5) is 17.8. The second-order valence-corrected chi connectivity index (χ2v) is 8.69. The summed E-state index contributed by atoms with van der Waals surface area (Å²) in [6, 6.07) is 12.8. The van der Waals surface area contributed by atoms with Gasteiger partial charge in [-0.1, -0.05) is 30.3 Å². The third kappa shape index (κ3) is 6.75. The summed E-state index contributed by atoms with van der Waals surface area (Å²) in [5.74, 6) is -0.138. The van der Waals surface area contributed by atoms with E-state index in [1.165, 1.54) is 12.1 Å². The van der Waals surface area contributed by atoms with Crippen LogP contribution in [-0.2, 0) is 14.9 Å². The molecule has 1 saturated heterocycles. The molecule has 0 bridgehead atoms. The Bertz CT molecular complexity index is 1140. The summed E-state index contributed by atoms with van der Waals surface area (Å²) in [6.07, 6.45) is -0.189. The van der Waals surface area contributed by atoms with E-state index in [1.54, 1.807) is 6.21 Å². The van der Waals surface area contributed by atoms with Gasteiger partial charge in [0.1, 0.15) is 11.6 Å².